The number of halogens is 3. The number of hydrogen-bond acceptors (Lipinski definition) is 2. The van der Waals surface area contributed by atoms with Gasteiger partial charge in [-0.15, -0.1) is 0 Å². The van der Waals surface area contributed by atoms with Crippen molar-refractivity contribution in [2.24, 2.45) is 5.73 Å². The Bertz CT molecular complexity index is 396. The van der Waals surface area contributed by atoms with Crippen molar-refractivity contribution in [1.29, 1.82) is 0 Å². The van der Waals surface area contributed by atoms with Crippen molar-refractivity contribution < 1.29 is 18.0 Å². The second kappa shape index (κ2) is 6.00. The summed E-state index contributed by atoms with van der Waals surface area (Å²) < 4.78 is 36.9. The molecule has 0 spiro atoms. The van der Waals surface area contributed by atoms with Crippen molar-refractivity contribution >= 4 is 5.78 Å². The Morgan fingerprint density at radius 1 is 1.28 bits per heavy atom. The molecule has 0 radical (unpaired) electrons. The first-order chi connectivity index (χ1) is 8.29. The third-order valence-corrected chi connectivity index (χ3v) is 2.56. The number of ketones is 1. The van der Waals surface area contributed by atoms with E-state index in [1.807, 2.05) is 6.92 Å². The third kappa shape index (κ3) is 4.87. The Morgan fingerprint density at radius 3 is 2.28 bits per heavy atom. The summed E-state index contributed by atoms with van der Waals surface area (Å²) in [5, 5.41) is 0. The minimum absolute atomic E-state index is 0.00735. The van der Waals surface area contributed by atoms with E-state index in [2.05, 4.69) is 0 Å². The normalized spacial score (nSPS) is 13.4. The van der Waals surface area contributed by atoms with Gasteiger partial charge >= 0.3 is 6.18 Å². The standard InChI is InChI=1S/C13H16F3NO/c1-9(17)2-7-12(18)8-10-3-5-11(6-4-10)13(14,15)16/h3-6,9H,2,7-8,17H2,1H3. The number of carbonyl (C=O) groups is 1. The molecular formula is C13H16F3NO. The molecule has 0 fully saturated rings. The van der Waals surface area contributed by atoms with E-state index in [4.69, 9.17) is 5.73 Å². The highest BCUT2D eigenvalue weighted by molar-refractivity contribution is 5.80. The number of rotatable bonds is 5. The monoisotopic (exact) mass is 259 g/mol. The molecule has 1 aromatic rings. The average molecular weight is 259 g/mol. The quantitative estimate of drug-likeness (QED) is 0.883. The van der Waals surface area contributed by atoms with Gasteiger partial charge in [-0.25, -0.2) is 0 Å². The minimum atomic E-state index is -4.34. The van der Waals surface area contributed by atoms with E-state index in [1.165, 1.54) is 12.1 Å². The minimum Gasteiger partial charge on any atom is -0.328 e. The first-order valence-corrected chi connectivity index (χ1v) is 5.72. The summed E-state index contributed by atoms with van der Waals surface area (Å²) in [7, 11) is 0. The van der Waals surface area contributed by atoms with Gasteiger partial charge in [-0.05, 0) is 31.0 Å². The number of hydrogen-bond donors (Lipinski definition) is 1. The number of alkyl halides is 3. The van der Waals surface area contributed by atoms with E-state index in [-0.39, 0.29) is 18.2 Å². The Balaban J connectivity index is 2.56. The SMILES string of the molecule is CC(N)CCC(=O)Cc1ccc(C(F)(F)F)cc1. The van der Waals surface area contributed by atoms with Crippen LogP contribution in [0.2, 0.25) is 0 Å². The molecule has 0 saturated heterocycles. The topological polar surface area (TPSA) is 43.1 Å². The number of benzene rings is 1. The zero-order valence-electron chi connectivity index (χ0n) is 10.1. The van der Waals surface area contributed by atoms with Crippen LogP contribution >= 0.6 is 0 Å². The molecule has 5 heteroatoms. The Morgan fingerprint density at radius 2 is 1.83 bits per heavy atom. The number of Topliss-reactive ketones (excluding diaryl/α,β-unsaturated/α-hetero) is 1. The molecule has 1 rings (SSSR count). The molecule has 0 bridgehead atoms. The van der Waals surface area contributed by atoms with Gasteiger partial charge in [0.2, 0.25) is 0 Å². The Hall–Kier alpha value is -1.36. The van der Waals surface area contributed by atoms with Crippen molar-refractivity contribution in [2.75, 3.05) is 0 Å². The van der Waals surface area contributed by atoms with Gasteiger partial charge in [0, 0.05) is 18.9 Å². The van der Waals surface area contributed by atoms with Crippen molar-refractivity contribution in [1.82, 2.24) is 0 Å². The van der Waals surface area contributed by atoms with E-state index in [0.717, 1.165) is 12.1 Å². The highest BCUT2D eigenvalue weighted by Gasteiger charge is 2.29. The number of nitrogens with two attached hydrogens (primary N) is 1. The maximum Gasteiger partial charge on any atom is 0.416 e. The van der Waals surface area contributed by atoms with E-state index in [0.29, 0.717) is 18.4 Å². The lowest BCUT2D eigenvalue weighted by atomic mass is 10.0. The molecule has 2 nitrogen and oxygen atoms in total. The van der Waals surface area contributed by atoms with Gasteiger partial charge in [0.1, 0.15) is 5.78 Å². The Labute approximate surface area is 104 Å². The van der Waals surface area contributed by atoms with Crippen LogP contribution in [0.25, 0.3) is 0 Å². The second-order valence-corrected chi connectivity index (χ2v) is 4.43. The summed E-state index contributed by atoms with van der Waals surface area (Å²) in [6.45, 7) is 1.81. The molecule has 2 N–H and O–H groups in total. The molecule has 18 heavy (non-hydrogen) atoms. The molecule has 0 aliphatic carbocycles. The summed E-state index contributed by atoms with van der Waals surface area (Å²) in [5.74, 6) is -0.00735. The molecule has 100 valence electrons. The van der Waals surface area contributed by atoms with Gasteiger partial charge in [-0.3, -0.25) is 4.79 Å². The predicted octanol–water partition coefficient (Wildman–Crippen LogP) is 2.94. The fourth-order valence-corrected chi connectivity index (χ4v) is 1.52. The lowest BCUT2D eigenvalue weighted by molar-refractivity contribution is -0.137. The van der Waals surface area contributed by atoms with Crippen molar-refractivity contribution in [2.45, 2.75) is 38.4 Å². The second-order valence-electron chi connectivity index (χ2n) is 4.43. The molecule has 0 heterocycles. The van der Waals surface area contributed by atoms with Crippen LogP contribution in [0.4, 0.5) is 13.2 Å². The smallest absolute Gasteiger partial charge is 0.328 e. The van der Waals surface area contributed by atoms with Crippen molar-refractivity contribution in [3.63, 3.8) is 0 Å². The maximum atomic E-state index is 12.3. The van der Waals surface area contributed by atoms with E-state index in [1.54, 1.807) is 0 Å². The highest BCUT2D eigenvalue weighted by Crippen LogP contribution is 2.29. The maximum absolute atomic E-state index is 12.3. The molecule has 1 unspecified atom stereocenters. The lowest BCUT2D eigenvalue weighted by Gasteiger charge is -2.08. The molecule has 0 amide bonds. The van der Waals surface area contributed by atoms with Crippen LogP contribution in [0.1, 0.15) is 30.9 Å². The molecule has 1 atom stereocenters. The fourth-order valence-electron chi connectivity index (χ4n) is 1.52. The summed E-state index contributed by atoms with van der Waals surface area (Å²) in [6.07, 6.45) is -3.22. The third-order valence-electron chi connectivity index (χ3n) is 2.56. The molecule has 0 saturated carbocycles. The molecule has 0 aliphatic rings. The first kappa shape index (κ1) is 14.7. The van der Waals surface area contributed by atoms with Gasteiger partial charge < -0.3 is 5.73 Å². The van der Waals surface area contributed by atoms with Crippen molar-refractivity contribution in [3.05, 3.63) is 35.4 Å². The van der Waals surface area contributed by atoms with Gasteiger partial charge in [0.25, 0.3) is 0 Å². The van der Waals surface area contributed by atoms with Crippen LogP contribution in [0.15, 0.2) is 24.3 Å². The van der Waals surface area contributed by atoms with Crippen LogP contribution in [-0.2, 0) is 17.4 Å². The van der Waals surface area contributed by atoms with E-state index >= 15 is 0 Å². The van der Waals surface area contributed by atoms with E-state index in [9.17, 15) is 18.0 Å². The van der Waals surface area contributed by atoms with Crippen LogP contribution in [-0.4, -0.2) is 11.8 Å². The Kier molecular flexibility index (Phi) is 4.90. The lowest BCUT2D eigenvalue weighted by Crippen LogP contribution is -2.17. The van der Waals surface area contributed by atoms with Crippen LogP contribution in [0.5, 0.6) is 0 Å². The largest absolute Gasteiger partial charge is 0.416 e. The zero-order valence-corrected chi connectivity index (χ0v) is 10.1. The summed E-state index contributed by atoms with van der Waals surface area (Å²) in [4.78, 5) is 11.5. The average Bonchev–Trinajstić information content (AvgIpc) is 2.26. The number of carbonyl (C=O) groups excluding carboxylic acids is 1. The van der Waals surface area contributed by atoms with Gasteiger partial charge in [0.15, 0.2) is 0 Å². The molecule has 1 aromatic carbocycles. The molecule has 0 aromatic heterocycles. The van der Waals surface area contributed by atoms with Gasteiger partial charge in [0.05, 0.1) is 5.56 Å². The zero-order chi connectivity index (χ0) is 13.8. The van der Waals surface area contributed by atoms with Crippen LogP contribution in [0.3, 0.4) is 0 Å². The highest BCUT2D eigenvalue weighted by atomic mass is 19.4. The molecular weight excluding hydrogens is 243 g/mol. The fraction of sp³-hybridized carbons (Fsp3) is 0.462. The first-order valence-electron chi connectivity index (χ1n) is 5.72. The summed E-state index contributed by atoms with van der Waals surface area (Å²) >= 11 is 0. The molecule has 0 aliphatic heterocycles. The van der Waals surface area contributed by atoms with E-state index < -0.39 is 11.7 Å². The predicted molar refractivity (Wildman–Crippen MR) is 63.0 cm³/mol. The summed E-state index contributed by atoms with van der Waals surface area (Å²) in [6, 6.07) is 4.63. The summed E-state index contributed by atoms with van der Waals surface area (Å²) in [5.41, 5.74) is 5.42. The van der Waals surface area contributed by atoms with Crippen LogP contribution < -0.4 is 5.73 Å². The van der Waals surface area contributed by atoms with Gasteiger partial charge in [-0.2, -0.15) is 13.2 Å². The van der Waals surface area contributed by atoms with Gasteiger partial charge in [-0.1, -0.05) is 12.1 Å². The van der Waals surface area contributed by atoms with Crippen LogP contribution in [0, 0.1) is 0 Å². The van der Waals surface area contributed by atoms with Crippen molar-refractivity contribution in [3.8, 4) is 0 Å².